The third-order valence-corrected chi connectivity index (χ3v) is 5.87. The zero-order valence-electron chi connectivity index (χ0n) is 16.6. The molecule has 3 unspecified atom stereocenters. The van der Waals surface area contributed by atoms with Crippen molar-refractivity contribution in [3.05, 3.63) is 0 Å². The fourth-order valence-corrected chi connectivity index (χ4v) is 4.63. The van der Waals surface area contributed by atoms with Gasteiger partial charge in [0.2, 0.25) is 0 Å². The molecule has 0 aromatic rings. The molecular formula is C16H31O10P. The molecule has 0 aliphatic carbocycles. The Morgan fingerprint density at radius 1 is 0.815 bits per heavy atom. The lowest BCUT2D eigenvalue weighted by Crippen LogP contribution is -2.38. The normalized spacial score (nSPS) is 41.7. The average molecular weight is 414 g/mol. The summed E-state index contributed by atoms with van der Waals surface area (Å²) in [6, 6.07) is 0. The Kier molecular flexibility index (Phi) is 8.63. The Morgan fingerprint density at radius 3 is 1.78 bits per heavy atom. The number of ether oxygens (including phenoxy) is 6. The van der Waals surface area contributed by atoms with Crippen LogP contribution in [0.15, 0.2) is 0 Å². The summed E-state index contributed by atoms with van der Waals surface area (Å²) in [7, 11) is 1.67. The Morgan fingerprint density at radius 2 is 1.30 bits per heavy atom. The summed E-state index contributed by atoms with van der Waals surface area (Å²) in [5.74, 6) is 0. The van der Waals surface area contributed by atoms with E-state index in [4.69, 9.17) is 37.5 Å². The summed E-state index contributed by atoms with van der Waals surface area (Å²) in [6.07, 6.45) is -3.73. The molecule has 0 amide bonds. The topological polar surface area (TPSA) is 111 Å². The van der Waals surface area contributed by atoms with Crippen molar-refractivity contribution < 1.29 is 46.9 Å². The van der Waals surface area contributed by atoms with Crippen LogP contribution in [0.3, 0.4) is 0 Å². The van der Waals surface area contributed by atoms with Crippen LogP contribution in [0, 0.1) is 0 Å². The maximum Gasteiger partial charge on any atom is 0.472 e. The number of phosphoric acid groups is 1. The summed E-state index contributed by atoms with van der Waals surface area (Å²) >= 11 is 0. The molecule has 0 saturated carbocycles. The number of hydrogen-bond donors (Lipinski definition) is 1. The molecule has 2 aliphatic rings. The lowest BCUT2D eigenvalue weighted by molar-refractivity contribution is -0.0519. The van der Waals surface area contributed by atoms with Gasteiger partial charge >= 0.3 is 7.82 Å². The van der Waals surface area contributed by atoms with Crippen LogP contribution in [-0.2, 0) is 42.0 Å². The van der Waals surface area contributed by atoms with E-state index in [9.17, 15) is 9.46 Å². The van der Waals surface area contributed by atoms with Gasteiger partial charge in [0, 0.05) is 28.4 Å². The van der Waals surface area contributed by atoms with Crippen LogP contribution in [0.2, 0.25) is 0 Å². The fourth-order valence-electron chi connectivity index (χ4n) is 3.67. The van der Waals surface area contributed by atoms with Crippen LogP contribution < -0.4 is 0 Å². The molecule has 160 valence electrons. The van der Waals surface area contributed by atoms with Gasteiger partial charge in [-0.3, -0.25) is 9.05 Å². The highest BCUT2D eigenvalue weighted by Gasteiger charge is 2.48. The van der Waals surface area contributed by atoms with Crippen molar-refractivity contribution in [3.8, 4) is 0 Å². The number of phosphoric ester groups is 1. The molecule has 0 aromatic heterocycles. The van der Waals surface area contributed by atoms with E-state index < -0.39 is 38.3 Å². The summed E-state index contributed by atoms with van der Waals surface area (Å²) in [5.41, 5.74) is 0. The van der Waals surface area contributed by atoms with Gasteiger partial charge < -0.3 is 33.3 Å². The molecular weight excluding hydrogens is 383 g/mol. The lowest BCUT2D eigenvalue weighted by Gasteiger charge is -2.26. The van der Waals surface area contributed by atoms with Gasteiger partial charge in [0.1, 0.15) is 36.6 Å². The Labute approximate surface area is 159 Å². The minimum Gasteiger partial charge on any atom is -0.382 e. The largest absolute Gasteiger partial charge is 0.472 e. The maximum absolute atomic E-state index is 12.5. The summed E-state index contributed by atoms with van der Waals surface area (Å²) in [6.45, 7) is 3.64. The predicted octanol–water partition coefficient (Wildman–Crippen LogP) is 0.755. The highest BCUT2D eigenvalue weighted by Crippen LogP contribution is 2.48. The van der Waals surface area contributed by atoms with Gasteiger partial charge in [-0.1, -0.05) is 0 Å². The molecule has 0 radical (unpaired) electrons. The van der Waals surface area contributed by atoms with E-state index in [1.807, 2.05) is 6.92 Å². The molecule has 2 aliphatic heterocycles. The second kappa shape index (κ2) is 10.1. The first-order valence-corrected chi connectivity index (χ1v) is 10.3. The first kappa shape index (κ1) is 23.2. The molecule has 0 bridgehead atoms. The molecule has 10 nitrogen and oxygen atoms in total. The highest BCUT2D eigenvalue weighted by molar-refractivity contribution is 7.47. The van der Waals surface area contributed by atoms with E-state index in [-0.39, 0.29) is 31.5 Å². The third kappa shape index (κ3) is 5.48. The van der Waals surface area contributed by atoms with Crippen molar-refractivity contribution in [2.24, 2.45) is 0 Å². The number of methoxy groups -OCH3 is 4. The standard InChI is InChI=1S/C16H31O10P/c1-9-13(20-4)15(22-6)12(25-9)8-23-27(17,18)26-16-11(7-19-3)24-10(2)14(16)21-5/h9-16H,7-8H2,1-6H3,(H,17,18)/t9-,10-,11+,12+,13?,14?,15-,16-/m0/s1. The van der Waals surface area contributed by atoms with Gasteiger partial charge in [-0.05, 0) is 13.8 Å². The Bertz CT molecular complexity index is 506. The minimum absolute atomic E-state index is 0.188. The maximum atomic E-state index is 12.5. The van der Waals surface area contributed by atoms with Crippen molar-refractivity contribution in [3.63, 3.8) is 0 Å². The van der Waals surface area contributed by atoms with Gasteiger partial charge in [0.05, 0.1) is 25.4 Å². The molecule has 0 spiro atoms. The second-order valence-corrected chi connectivity index (χ2v) is 8.06. The average Bonchev–Trinajstić information content (AvgIpc) is 3.08. The molecule has 1 N–H and O–H groups in total. The Balaban J connectivity index is 1.98. The van der Waals surface area contributed by atoms with Crippen LogP contribution in [0.5, 0.6) is 0 Å². The fraction of sp³-hybridized carbons (Fsp3) is 1.00. The van der Waals surface area contributed by atoms with E-state index in [2.05, 4.69) is 0 Å². The van der Waals surface area contributed by atoms with Gasteiger partial charge in [0.25, 0.3) is 0 Å². The van der Waals surface area contributed by atoms with Crippen LogP contribution in [-0.4, -0.2) is 95.4 Å². The number of rotatable bonds is 10. The summed E-state index contributed by atoms with van der Waals surface area (Å²) < 4.78 is 55.7. The van der Waals surface area contributed by atoms with E-state index in [1.165, 1.54) is 21.3 Å². The molecule has 2 fully saturated rings. The second-order valence-electron chi connectivity index (χ2n) is 6.65. The molecule has 11 heteroatoms. The first-order chi connectivity index (χ1) is 12.8. The van der Waals surface area contributed by atoms with Gasteiger partial charge in [-0.2, -0.15) is 0 Å². The zero-order chi connectivity index (χ0) is 20.2. The van der Waals surface area contributed by atoms with Gasteiger partial charge in [0.15, 0.2) is 0 Å². The van der Waals surface area contributed by atoms with Crippen molar-refractivity contribution in [2.45, 2.75) is 62.7 Å². The third-order valence-electron chi connectivity index (χ3n) is 4.89. The quantitative estimate of drug-likeness (QED) is 0.514. The van der Waals surface area contributed by atoms with E-state index >= 15 is 0 Å². The Hall–Kier alpha value is -0.130. The van der Waals surface area contributed by atoms with Crippen LogP contribution in [0.4, 0.5) is 0 Å². The van der Waals surface area contributed by atoms with Crippen LogP contribution >= 0.6 is 7.82 Å². The molecule has 0 aromatic carbocycles. The van der Waals surface area contributed by atoms with E-state index in [0.717, 1.165) is 0 Å². The number of hydrogen-bond acceptors (Lipinski definition) is 9. The summed E-state index contributed by atoms with van der Waals surface area (Å²) in [4.78, 5) is 10.2. The lowest BCUT2D eigenvalue weighted by atomic mass is 10.1. The minimum atomic E-state index is -4.41. The van der Waals surface area contributed by atoms with Crippen LogP contribution in [0.1, 0.15) is 13.8 Å². The SMILES string of the molecule is COC[C@H]1O[C@@H](C)C(OC)[C@H]1OP(=O)(O)OC[C@H]1O[C@@H](C)C(OC)[C@H]1OC. The summed E-state index contributed by atoms with van der Waals surface area (Å²) in [5, 5.41) is 0. The van der Waals surface area contributed by atoms with Crippen LogP contribution in [0.25, 0.3) is 0 Å². The van der Waals surface area contributed by atoms with Crippen molar-refractivity contribution in [2.75, 3.05) is 41.7 Å². The van der Waals surface area contributed by atoms with Gasteiger partial charge in [-0.25, -0.2) is 4.57 Å². The van der Waals surface area contributed by atoms with E-state index in [0.29, 0.717) is 0 Å². The van der Waals surface area contributed by atoms with E-state index in [1.54, 1.807) is 14.0 Å². The van der Waals surface area contributed by atoms with Crippen molar-refractivity contribution >= 4 is 7.82 Å². The zero-order valence-corrected chi connectivity index (χ0v) is 17.5. The molecule has 27 heavy (non-hydrogen) atoms. The smallest absolute Gasteiger partial charge is 0.382 e. The monoisotopic (exact) mass is 414 g/mol. The highest BCUT2D eigenvalue weighted by atomic mass is 31.2. The van der Waals surface area contributed by atoms with Gasteiger partial charge in [-0.15, -0.1) is 0 Å². The molecule has 2 saturated heterocycles. The van der Waals surface area contributed by atoms with Crippen molar-refractivity contribution in [1.29, 1.82) is 0 Å². The van der Waals surface area contributed by atoms with Crippen molar-refractivity contribution in [1.82, 2.24) is 0 Å². The first-order valence-electron chi connectivity index (χ1n) is 8.81. The molecule has 2 heterocycles. The predicted molar refractivity (Wildman–Crippen MR) is 93.6 cm³/mol. The molecule has 2 rings (SSSR count). The molecule has 9 atom stereocenters.